The first-order valence-electron chi connectivity index (χ1n) is 7.07. The van der Waals surface area contributed by atoms with Gasteiger partial charge in [-0.05, 0) is 51.7 Å². The van der Waals surface area contributed by atoms with Gasteiger partial charge in [-0.15, -0.1) is 0 Å². The molecule has 1 atom stereocenters. The topological polar surface area (TPSA) is 79.5 Å². The van der Waals surface area contributed by atoms with Crippen molar-refractivity contribution in [2.75, 3.05) is 0 Å². The monoisotopic (exact) mass is 279 g/mol. The summed E-state index contributed by atoms with van der Waals surface area (Å²) in [7, 11) is 0. The lowest BCUT2D eigenvalue weighted by Crippen LogP contribution is -2.35. The van der Waals surface area contributed by atoms with Gasteiger partial charge in [0.25, 0.3) is 0 Å². The van der Waals surface area contributed by atoms with Gasteiger partial charge < -0.3 is 14.8 Å². The molecule has 1 aliphatic rings. The maximum absolute atomic E-state index is 12.2. The van der Waals surface area contributed by atoms with Crippen LogP contribution in [0.1, 0.15) is 50.2 Å². The van der Waals surface area contributed by atoms with Crippen LogP contribution >= 0.6 is 0 Å². The molecule has 2 rings (SSSR count). The highest BCUT2D eigenvalue weighted by atomic mass is 16.4. The van der Waals surface area contributed by atoms with Crippen molar-refractivity contribution in [3.63, 3.8) is 0 Å². The number of carbonyl (C=O) groups is 2. The van der Waals surface area contributed by atoms with Crippen LogP contribution in [0.5, 0.6) is 0 Å². The summed E-state index contributed by atoms with van der Waals surface area (Å²) in [5, 5.41) is 11.9. The number of furan rings is 1. The van der Waals surface area contributed by atoms with Gasteiger partial charge in [-0.1, -0.05) is 0 Å². The quantitative estimate of drug-likeness (QED) is 0.888. The van der Waals surface area contributed by atoms with E-state index < -0.39 is 5.97 Å². The van der Waals surface area contributed by atoms with Gasteiger partial charge >= 0.3 is 5.97 Å². The lowest BCUT2D eigenvalue weighted by molar-refractivity contribution is -0.144. The molecule has 0 saturated heterocycles. The molecule has 5 nitrogen and oxygen atoms in total. The zero-order chi connectivity index (χ0) is 14.7. The van der Waals surface area contributed by atoms with Gasteiger partial charge in [0.1, 0.15) is 11.5 Å². The van der Waals surface area contributed by atoms with Gasteiger partial charge in [0.15, 0.2) is 0 Å². The number of amides is 1. The Balaban J connectivity index is 1.85. The number of aryl methyl sites for hydroxylation is 1. The Kier molecular flexibility index (Phi) is 4.47. The molecule has 5 heteroatoms. The van der Waals surface area contributed by atoms with Crippen LogP contribution in [0.25, 0.3) is 0 Å². The van der Waals surface area contributed by atoms with E-state index in [4.69, 9.17) is 9.52 Å². The third-order valence-electron chi connectivity index (χ3n) is 3.99. The highest BCUT2D eigenvalue weighted by Crippen LogP contribution is 2.29. The predicted molar refractivity (Wildman–Crippen MR) is 73.1 cm³/mol. The second-order valence-corrected chi connectivity index (χ2v) is 5.57. The van der Waals surface area contributed by atoms with Crippen molar-refractivity contribution in [1.29, 1.82) is 0 Å². The standard InChI is InChI=1S/C15H21NO4/c1-9-3-8-13(20-9)10(2)16-14(17)11-4-6-12(7-5-11)15(18)19/h3,8,10-12H,4-7H2,1-2H3,(H,16,17)(H,18,19). The lowest BCUT2D eigenvalue weighted by Gasteiger charge is -2.26. The molecule has 110 valence electrons. The normalized spacial score (nSPS) is 24.1. The number of nitrogens with one attached hydrogen (secondary N) is 1. The Morgan fingerprint density at radius 1 is 1.25 bits per heavy atom. The summed E-state index contributed by atoms with van der Waals surface area (Å²) in [6.07, 6.45) is 2.46. The Bertz CT molecular complexity index is 486. The zero-order valence-electron chi connectivity index (χ0n) is 11.9. The third-order valence-corrected chi connectivity index (χ3v) is 3.99. The summed E-state index contributed by atoms with van der Waals surface area (Å²) in [5.41, 5.74) is 0. The lowest BCUT2D eigenvalue weighted by atomic mass is 9.81. The molecular formula is C15H21NO4. The fourth-order valence-electron chi connectivity index (χ4n) is 2.69. The van der Waals surface area contributed by atoms with E-state index >= 15 is 0 Å². The molecule has 1 aliphatic carbocycles. The van der Waals surface area contributed by atoms with Gasteiger partial charge in [0, 0.05) is 5.92 Å². The fraction of sp³-hybridized carbons (Fsp3) is 0.600. The largest absolute Gasteiger partial charge is 0.481 e. The van der Waals surface area contributed by atoms with E-state index in [-0.39, 0.29) is 23.8 Å². The molecule has 20 heavy (non-hydrogen) atoms. The molecule has 1 amide bonds. The van der Waals surface area contributed by atoms with E-state index in [2.05, 4.69) is 5.32 Å². The zero-order valence-corrected chi connectivity index (χ0v) is 11.9. The van der Waals surface area contributed by atoms with E-state index in [1.165, 1.54) is 0 Å². The number of rotatable bonds is 4. The van der Waals surface area contributed by atoms with Gasteiger partial charge in [0.2, 0.25) is 5.91 Å². The maximum atomic E-state index is 12.2. The summed E-state index contributed by atoms with van der Waals surface area (Å²) in [6, 6.07) is 3.57. The first-order chi connectivity index (χ1) is 9.47. The smallest absolute Gasteiger partial charge is 0.306 e. The van der Waals surface area contributed by atoms with Gasteiger partial charge in [-0.3, -0.25) is 9.59 Å². The molecule has 0 spiro atoms. The van der Waals surface area contributed by atoms with Gasteiger partial charge in [0.05, 0.1) is 12.0 Å². The van der Waals surface area contributed by atoms with Crippen molar-refractivity contribution in [2.24, 2.45) is 11.8 Å². The molecule has 1 unspecified atom stereocenters. The molecule has 1 aromatic heterocycles. The van der Waals surface area contributed by atoms with Crippen LogP contribution < -0.4 is 5.32 Å². The van der Waals surface area contributed by atoms with E-state index in [0.717, 1.165) is 11.5 Å². The van der Waals surface area contributed by atoms with E-state index in [9.17, 15) is 9.59 Å². The number of carboxylic acids is 1. The second kappa shape index (κ2) is 6.11. The Hall–Kier alpha value is -1.78. The molecule has 0 radical (unpaired) electrons. The molecule has 1 heterocycles. The number of carboxylic acid groups (broad SMARTS) is 1. The van der Waals surface area contributed by atoms with Crippen molar-refractivity contribution in [1.82, 2.24) is 5.32 Å². The Morgan fingerprint density at radius 2 is 1.85 bits per heavy atom. The summed E-state index contributed by atoms with van der Waals surface area (Å²) in [5.74, 6) is 0.449. The maximum Gasteiger partial charge on any atom is 0.306 e. The summed E-state index contributed by atoms with van der Waals surface area (Å²) < 4.78 is 5.49. The fourth-order valence-corrected chi connectivity index (χ4v) is 2.69. The summed E-state index contributed by atoms with van der Waals surface area (Å²) in [6.45, 7) is 3.75. The highest BCUT2D eigenvalue weighted by Gasteiger charge is 2.30. The second-order valence-electron chi connectivity index (χ2n) is 5.57. The van der Waals surface area contributed by atoms with Crippen molar-refractivity contribution < 1.29 is 19.1 Å². The molecular weight excluding hydrogens is 258 g/mol. The van der Waals surface area contributed by atoms with Crippen LogP contribution in [-0.2, 0) is 9.59 Å². The molecule has 0 aliphatic heterocycles. The molecule has 1 fully saturated rings. The van der Waals surface area contributed by atoms with E-state index in [0.29, 0.717) is 25.7 Å². The van der Waals surface area contributed by atoms with E-state index in [1.54, 1.807) is 0 Å². The number of carbonyl (C=O) groups excluding carboxylic acids is 1. The summed E-state index contributed by atoms with van der Waals surface area (Å²) in [4.78, 5) is 23.0. The Morgan fingerprint density at radius 3 is 2.35 bits per heavy atom. The molecule has 0 aromatic carbocycles. The van der Waals surface area contributed by atoms with Crippen LogP contribution in [0.15, 0.2) is 16.5 Å². The van der Waals surface area contributed by atoms with Gasteiger partial charge in [-0.2, -0.15) is 0 Å². The van der Waals surface area contributed by atoms with Crippen LogP contribution in [0, 0.1) is 18.8 Å². The average Bonchev–Trinajstić information content (AvgIpc) is 2.85. The number of hydrogen-bond donors (Lipinski definition) is 2. The minimum Gasteiger partial charge on any atom is -0.481 e. The first-order valence-corrected chi connectivity index (χ1v) is 7.07. The number of aliphatic carboxylic acids is 1. The van der Waals surface area contributed by atoms with E-state index in [1.807, 2.05) is 26.0 Å². The average molecular weight is 279 g/mol. The summed E-state index contributed by atoms with van der Waals surface area (Å²) >= 11 is 0. The van der Waals surface area contributed by atoms with Crippen LogP contribution in [0.2, 0.25) is 0 Å². The SMILES string of the molecule is Cc1ccc(C(C)NC(=O)C2CCC(C(=O)O)CC2)o1. The van der Waals surface area contributed by atoms with Crippen molar-refractivity contribution in [3.05, 3.63) is 23.7 Å². The highest BCUT2D eigenvalue weighted by molar-refractivity contribution is 5.79. The molecule has 0 bridgehead atoms. The molecule has 1 saturated carbocycles. The third kappa shape index (κ3) is 3.40. The van der Waals surface area contributed by atoms with Gasteiger partial charge in [-0.25, -0.2) is 0 Å². The van der Waals surface area contributed by atoms with Crippen LogP contribution in [0.3, 0.4) is 0 Å². The Labute approximate surface area is 118 Å². The molecule has 1 aromatic rings. The van der Waals surface area contributed by atoms with Crippen molar-refractivity contribution in [3.8, 4) is 0 Å². The van der Waals surface area contributed by atoms with Crippen molar-refractivity contribution >= 4 is 11.9 Å². The minimum atomic E-state index is -0.747. The first kappa shape index (κ1) is 14.6. The molecule has 2 N–H and O–H groups in total. The van der Waals surface area contributed by atoms with Crippen LogP contribution in [-0.4, -0.2) is 17.0 Å². The minimum absolute atomic E-state index is 0.00427. The predicted octanol–water partition coefficient (Wildman–Crippen LogP) is 2.66. The van der Waals surface area contributed by atoms with Crippen LogP contribution in [0.4, 0.5) is 0 Å². The number of hydrogen-bond acceptors (Lipinski definition) is 3. The van der Waals surface area contributed by atoms with Crippen molar-refractivity contribution in [2.45, 2.75) is 45.6 Å².